The molecule has 156 valence electrons. The van der Waals surface area contributed by atoms with Gasteiger partial charge in [0.1, 0.15) is 5.75 Å². The molecule has 0 fully saturated rings. The third-order valence-corrected chi connectivity index (χ3v) is 4.13. The molecule has 30 heavy (non-hydrogen) atoms. The number of aromatic nitrogens is 2. The van der Waals surface area contributed by atoms with Gasteiger partial charge in [0.05, 0.1) is 17.8 Å². The normalized spacial score (nSPS) is 11.2. The van der Waals surface area contributed by atoms with E-state index in [4.69, 9.17) is 4.74 Å². The van der Waals surface area contributed by atoms with Crippen LogP contribution >= 0.6 is 0 Å². The largest absolute Gasteiger partial charge is 0.483 e. The zero-order chi connectivity index (χ0) is 21.6. The Morgan fingerprint density at radius 1 is 1.00 bits per heavy atom. The average molecular weight is 417 g/mol. The number of carbonyl (C=O) groups excluding carboxylic acids is 1. The molecular formula is C21H18F3N3O3. The Morgan fingerprint density at radius 2 is 1.70 bits per heavy atom. The van der Waals surface area contributed by atoms with Gasteiger partial charge in [-0.2, -0.15) is 18.3 Å². The van der Waals surface area contributed by atoms with Crippen LogP contribution in [0.2, 0.25) is 0 Å². The van der Waals surface area contributed by atoms with Crippen molar-refractivity contribution in [2.45, 2.75) is 12.7 Å². The van der Waals surface area contributed by atoms with Crippen molar-refractivity contribution in [1.82, 2.24) is 15.1 Å². The summed E-state index contributed by atoms with van der Waals surface area (Å²) >= 11 is 0. The van der Waals surface area contributed by atoms with Crippen LogP contribution in [0.1, 0.15) is 5.56 Å². The summed E-state index contributed by atoms with van der Waals surface area (Å²) in [7, 11) is 0. The van der Waals surface area contributed by atoms with E-state index in [2.05, 4.69) is 10.4 Å². The highest BCUT2D eigenvalue weighted by molar-refractivity contribution is 5.77. The third-order valence-electron chi connectivity index (χ3n) is 4.13. The summed E-state index contributed by atoms with van der Waals surface area (Å²) in [6.45, 7) is -0.419. The van der Waals surface area contributed by atoms with E-state index in [1.54, 1.807) is 6.07 Å². The molecule has 3 rings (SSSR count). The van der Waals surface area contributed by atoms with Gasteiger partial charge >= 0.3 is 6.18 Å². The fourth-order valence-electron chi connectivity index (χ4n) is 2.69. The van der Waals surface area contributed by atoms with Crippen LogP contribution in [0.3, 0.4) is 0 Å². The summed E-state index contributed by atoms with van der Waals surface area (Å²) < 4.78 is 45.0. The van der Waals surface area contributed by atoms with Crippen LogP contribution in [0.15, 0.2) is 71.5 Å². The second-order valence-electron chi connectivity index (χ2n) is 6.28. The molecule has 0 saturated heterocycles. The summed E-state index contributed by atoms with van der Waals surface area (Å²) in [5.74, 6) is -1.03. The quantitative estimate of drug-likeness (QED) is 0.641. The van der Waals surface area contributed by atoms with Crippen LogP contribution in [-0.2, 0) is 17.5 Å². The Hall–Kier alpha value is -3.62. The van der Waals surface area contributed by atoms with Crippen LogP contribution in [-0.4, -0.2) is 28.8 Å². The van der Waals surface area contributed by atoms with Gasteiger partial charge in [-0.1, -0.05) is 42.5 Å². The number of carbonyl (C=O) groups is 1. The van der Waals surface area contributed by atoms with Crippen molar-refractivity contribution in [3.63, 3.8) is 0 Å². The maximum Gasteiger partial charge on any atom is 0.419 e. The predicted molar refractivity (Wildman–Crippen MR) is 104 cm³/mol. The van der Waals surface area contributed by atoms with Gasteiger partial charge in [-0.3, -0.25) is 9.59 Å². The van der Waals surface area contributed by atoms with Crippen molar-refractivity contribution < 1.29 is 22.7 Å². The van der Waals surface area contributed by atoms with E-state index in [1.807, 2.05) is 30.3 Å². The number of benzene rings is 2. The van der Waals surface area contributed by atoms with Crippen LogP contribution in [0.25, 0.3) is 11.3 Å². The molecule has 0 atom stereocenters. The molecular weight excluding hydrogens is 399 g/mol. The summed E-state index contributed by atoms with van der Waals surface area (Å²) in [5, 5.41) is 6.77. The molecule has 0 aliphatic rings. The molecule has 6 nitrogen and oxygen atoms in total. The summed E-state index contributed by atoms with van der Waals surface area (Å²) in [6.07, 6.45) is -4.58. The Labute approximate surface area is 169 Å². The molecule has 0 saturated carbocycles. The second-order valence-corrected chi connectivity index (χ2v) is 6.28. The van der Waals surface area contributed by atoms with Crippen LogP contribution < -0.4 is 15.6 Å². The van der Waals surface area contributed by atoms with Crippen molar-refractivity contribution in [3.8, 4) is 17.0 Å². The van der Waals surface area contributed by atoms with Gasteiger partial charge in [0.25, 0.3) is 11.5 Å². The number of nitrogens with zero attached hydrogens (tertiary/aromatic N) is 2. The first kappa shape index (κ1) is 21.1. The highest BCUT2D eigenvalue weighted by Gasteiger charge is 2.34. The Bertz CT molecular complexity index is 1070. The third kappa shape index (κ3) is 5.47. The smallest absolute Gasteiger partial charge is 0.419 e. The molecule has 1 amide bonds. The first-order valence-corrected chi connectivity index (χ1v) is 9.04. The van der Waals surface area contributed by atoms with E-state index in [0.717, 1.165) is 17.7 Å². The molecule has 1 aromatic heterocycles. The topological polar surface area (TPSA) is 73.2 Å². The van der Waals surface area contributed by atoms with Gasteiger partial charge in [-0.15, -0.1) is 0 Å². The standard InChI is InChI=1S/C21H18F3N3O3/c22-21(23,24)16-8-4-5-9-18(16)30-14-19(28)25-12-13-27-20(29)11-10-17(26-27)15-6-2-1-3-7-15/h1-11H,12-14H2,(H,25,28). The Morgan fingerprint density at radius 3 is 2.43 bits per heavy atom. The molecule has 1 heterocycles. The van der Waals surface area contributed by atoms with Gasteiger partial charge < -0.3 is 10.1 Å². The predicted octanol–water partition coefficient (Wildman–Crippen LogP) is 3.12. The lowest BCUT2D eigenvalue weighted by molar-refractivity contribution is -0.139. The minimum atomic E-state index is -4.58. The summed E-state index contributed by atoms with van der Waals surface area (Å²) in [5.41, 5.74) is 0.159. The lowest BCUT2D eigenvalue weighted by Crippen LogP contribution is -2.34. The van der Waals surface area contributed by atoms with E-state index in [-0.39, 0.29) is 18.6 Å². The highest BCUT2D eigenvalue weighted by atomic mass is 19.4. The van der Waals surface area contributed by atoms with Crippen molar-refractivity contribution in [3.05, 3.63) is 82.6 Å². The lowest BCUT2D eigenvalue weighted by Gasteiger charge is -2.13. The monoisotopic (exact) mass is 417 g/mol. The Kier molecular flexibility index (Phi) is 6.51. The number of para-hydroxylation sites is 1. The Balaban J connectivity index is 1.55. The maximum absolute atomic E-state index is 12.9. The van der Waals surface area contributed by atoms with E-state index in [0.29, 0.717) is 5.69 Å². The van der Waals surface area contributed by atoms with E-state index < -0.39 is 30.0 Å². The molecule has 0 spiro atoms. The van der Waals surface area contributed by atoms with Gasteiger partial charge in [0.15, 0.2) is 6.61 Å². The van der Waals surface area contributed by atoms with Crippen LogP contribution in [0, 0.1) is 0 Å². The average Bonchev–Trinajstić information content (AvgIpc) is 2.74. The van der Waals surface area contributed by atoms with Crippen molar-refractivity contribution in [2.75, 3.05) is 13.2 Å². The molecule has 0 unspecified atom stereocenters. The van der Waals surface area contributed by atoms with E-state index in [1.165, 1.54) is 22.9 Å². The lowest BCUT2D eigenvalue weighted by atomic mass is 10.1. The second kappa shape index (κ2) is 9.25. The highest BCUT2D eigenvalue weighted by Crippen LogP contribution is 2.35. The maximum atomic E-state index is 12.9. The summed E-state index contributed by atoms with van der Waals surface area (Å²) in [6, 6.07) is 16.9. The van der Waals surface area contributed by atoms with Gasteiger partial charge in [0.2, 0.25) is 0 Å². The number of hydrogen-bond donors (Lipinski definition) is 1. The number of nitrogens with one attached hydrogen (secondary N) is 1. The van der Waals surface area contributed by atoms with Gasteiger partial charge in [-0.25, -0.2) is 4.68 Å². The van der Waals surface area contributed by atoms with Gasteiger partial charge in [-0.05, 0) is 18.2 Å². The molecule has 0 aliphatic heterocycles. The fraction of sp³-hybridized carbons (Fsp3) is 0.190. The molecule has 0 radical (unpaired) electrons. The molecule has 0 bridgehead atoms. The zero-order valence-corrected chi connectivity index (χ0v) is 15.7. The van der Waals surface area contributed by atoms with Gasteiger partial charge in [0, 0.05) is 18.2 Å². The summed E-state index contributed by atoms with van der Waals surface area (Å²) in [4.78, 5) is 23.9. The SMILES string of the molecule is O=C(COc1ccccc1C(F)(F)F)NCCn1nc(-c2ccccc2)ccc1=O. The molecule has 9 heteroatoms. The number of ether oxygens (including phenoxy) is 1. The molecule has 1 N–H and O–H groups in total. The number of halogens is 3. The van der Waals surface area contributed by atoms with Crippen molar-refractivity contribution in [2.24, 2.45) is 0 Å². The van der Waals surface area contributed by atoms with Crippen LogP contribution in [0.4, 0.5) is 13.2 Å². The zero-order valence-electron chi connectivity index (χ0n) is 15.7. The van der Waals surface area contributed by atoms with E-state index in [9.17, 15) is 22.8 Å². The van der Waals surface area contributed by atoms with Crippen molar-refractivity contribution >= 4 is 5.91 Å². The number of alkyl halides is 3. The number of amides is 1. The minimum Gasteiger partial charge on any atom is -0.483 e. The fourth-order valence-corrected chi connectivity index (χ4v) is 2.69. The molecule has 0 aliphatic carbocycles. The molecule has 2 aromatic carbocycles. The first-order valence-electron chi connectivity index (χ1n) is 9.04. The number of rotatable bonds is 7. The minimum absolute atomic E-state index is 0.0638. The van der Waals surface area contributed by atoms with E-state index >= 15 is 0 Å². The van der Waals surface area contributed by atoms with Crippen molar-refractivity contribution in [1.29, 1.82) is 0 Å². The molecule has 3 aromatic rings. The van der Waals surface area contributed by atoms with Crippen LogP contribution in [0.5, 0.6) is 5.75 Å². The first-order chi connectivity index (χ1) is 14.3. The number of hydrogen-bond acceptors (Lipinski definition) is 4.